The van der Waals surface area contributed by atoms with E-state index in [4.69, 9.17) is 4.98 Å². The van der Waals surface area contributed by atoms with E-state index < -0.39 is 0 Å². The van der Waals surface area contributed by atoms with Gasteiger partial charge in [0.25, 0.3) is 5.91 Å². The predicted molar refractivity (Wildman–Crippen MR) is 106 cm³/mol. The number of fused-ring (bicyclic) bond motifs is 1. The molecule has 0 atom stereocenters. The van der Waals surface area contributed by atoms with Crippen LogP contribution < -0.4 is 5.32 Å². The highest BCUT2D eigenvalue weighted by molar-refractivity contribution is 6.03. The Morgan fingerprint density at radius 2 is 1.93 bits per heavy atom. The van der Waals surface area contributed by atoms with Crippen molar-refractivity contribution in [3.63, 3.8) is 0 Å². The van der Waals surface area contributed by atoms with Crippen LogP contribution in [-0.2, 0) is 6.54 Å². The predicted octanol–water partition coefficient (Wildman–Crippen LogP) is 3.78. The maximum atomic E-state index is 12.5. The van der Waals surface area contributed by atoms with Crippen LogP contribution in [-0.4, -0.2) is 37.6 Å². The number of pyridine rings is 1. The van der Waals surface area contributed by atoms with Gasteiger partial charge in [0, 0.05) is 19.6 Å². The Morgan fingerprint density at radius 3 is 2.79 bits per heavy atom. The van der Waals surface area contributed by atoms with Gasteiger partial charge in [0.15, 0.2) is 5.82 Å². The lowest BCUT2D eigenvalue weighted by Crippen LogP contribution is -2.18. The lowest BCUT2D eigenvalue weighted by molar-refractivity contribution is 0.0817. The lowest BCUT2D eigenvalue weighted by Gasteiger charge is -2.14. The van der Waals surface area contributed by atoms with Crippen molar-refractivity contribution >= 4 is 17.4 Å². The van der Waals surface area contributed by atoms with Gasteiger partial charge >= 0.3 is 0 Å². The molecule has 0 unspecified atom stereocenters. The average Bonchev–Trinajstić information content (AvgIpc) is 3.43. The number of nitrogens with one attached hydrogen (secondary N) is 1. The van der Waals surface area contributed by atoms with E-state index in [1.165, 1.54) is 12.8 Å². The maximum absolute atomic E-state index is 12.5. The SMILES string of the molecule is CN1Cc2cccc(Nc3cccc(-c4nncn4C4CCCC4)n3)c2C1=O. The van der Waals surface area contributed by atoms with E-state index in [2.05, 4.69) is 20.1 Å². The highest BCUT2D eigenvalue weighted by Gasteiger charge is 2.27. The van der Waals surface area contributed by atoms with Crippen LogP contribution in [0.25, 0.3) is 11.5 Å². The minimum atomic E-state index is 0.0373. The number of hydrogen-bond acceptors (Lipinski definition) is 5. The Kier molecular flexibility index (Phi) is 4.07. The van der Waals surface area contributed by atoms with Crippen molar-refractivity contribution in [1.82, 2.24) is 24.6 Å². The molecule has 0 radical (unpaired) electrons. The fourth-order valence-corrected chi connectivity index (χ4v) is 4.25. The number of anilines is 2. The molecule has 0 saturated heterocycles. The summed E-state index contributed by atoms with van der Waals surface area (Å²) >= 11 is 0. The van der Waals surface area contributed by atoms with Gasteiger partial charge in [0.1, 0.15) is 17.8 Å². The fraction of sp³-hybridized carbons (Fsp3) is 0.333. The topological polar surface area (TPSA) is 75.9 Å². The molecular weight excluding hydrogens is 352 g/mol. The molecular formula is C21H22N6O. The molecule has 2 aromatic heterocycles. The van der Waals surface area contributed by atoms with Crippen LogP contribution in [0.3, 0.4) is 0 Å². The first-order chi connectivity index (χ1) is 13.7. The Bertz CT molecular complexity index is 1040. The van der Waals surface area contributed by atoms with Crippen molar-refractivity contribution in [3.05, 3.63) is 53.9 Å². The number of aromatic nitrogens is 4. The van der Waals surface area contributed by atoms with E-state index in [0.717, 1.165) is 41.2 Å². The molecule has 7 heteroatoms. The van der Waals surface area contributed by atoms with Crippen molar-refractivity contribution in [2.24, 2.45) is 0 Å². The van der Waals surface area contributed by atoms with Gasteiger partial charge in [-0.15, -0.1) is 10.2 Å². The molecule has 1 saturated carbocycles. The molecule has 0 spiro atoms. The second-order valence-corrected chi connectivity index (χ2v) is 7.53. The van der Waals surface area contributed by atoms with Gasteiger partial charge < -0.3 is 14.8 Å². The molecule has 28 heavy (non-hydrogen) atoms. The van der Waals surface area contributed by atoms with Gasteiger partial charge in [-0.25, -0.2) is 4.98 Å². The smallest absolute Gasteiger partial charge is 0.256 e. The van der Waals surface area contributed by atoms with Crippen molar-refractivity contribution in [2.75, 3.05) is 12.4 Å². The highest BCUT2D eigenvalue weighted by Crippen LogP contribution is 2.33. The summed E-state index contributed by atoms with van der Waals surface area (Å²) in [7, 11) is 1.82. The number of benzene rings is 1. The second kappa shape index (κ2) is 6.74. The summed E-state index contributed by atoms with van der Waals surface area (Å²) in [5.41, 5.74) is 3.33. The monoisotopic (exact) mass is 374 g/mol. The van der Waals surface area contributed by atoms with E-state index in [-0.39, 0.29) is 5.91 Å². The average molecular weight is 374 g/mol. The fourth-order valence-electron chi connectivity index (χ4n) is 4.25. The van der Waals surface area contributed by atoms with Crippen LogP contribution in [0, 0.1) is 0 Å². The van der Waals surface area contributed by atoms with E-state index in [1.807, 2.05) is 49.8 Å². The molecule has 1 amide bonds. The van der Waals surface area contributed by atoms with Gasteiger partial charge in [-0.3, -0.25) is 4.79 Å². The van der Waals surface area contributed by atoms with Crippen molar-refractivity contribution < 1.29 is 4.79 Å². The van der Waals surface area contributed by atoms with E-state index >= 15 is 0 Å². The van der Waals surface area contributed by atoms with Crippen molar-refractivity contribution in [2.45, 2.75) is 38.3 Å². The Morgan fingerprint density at radius 1 is 1.11 bits per heavy atom. The zero-order valence-corrected chi connectivity index (χ0v) is 15.8. The zero-order chi connectivity index (χ0) is 19.1. The second-order valence-electron chi connectivity index (χ2n) is 7.53. The summed E-state index contributed by atoms with van der Waals surface area (Å²) in [5, 5.41) is 11.8. The molecule has 3 heterocycles. The number of hydrogen-bond donors (Lipinski definition) is 1. The van der Waals surface area contributed by atoms with Crippen molar-refractivity contribution in [1.29, 1.82) is 0 Å². The van der Waals surface area contributed by atoms with E-state index in [0.29, 0.717) is 18.4 Å². The first-order valence-electron chi connectivity index (χ1n) is 9.72. The van der Waals surface area contributed by atoms with Crippen LogP contribution in [0.4, 0.5) is 11.5 Å². The number of nitrogens with zero attached hydrogens (tertiary/aromatic N) is 5. The van der Waals surface area contributed by atoms with Crippen molar-refractivity contribution in [3.8, 4) is 11.5 Å². The van der Waals surface area contributed by atoms with Crippen LogP contribution in [0.1, 0.15) is 47.6 Å². The summed E-state index contributed by atoms with van der Waals surface area (Å²) in [6, 6.07) is 12.1. The third kappa shape index (κ3) is 2.83. The maximum Gasteiger partial charge on any atom is 0.256 e. The molecule has 5 rings (SSSR count). The number of amides is 1. The number of carbonyl (C=O) groups is 1. The minimum Gasteiger partial charge on any atom is -0.340 e. The first-order valence-corrected chi connectivity index (χ1v) is 9.72. The molecule has 1 aromatic carbocycles. The van der Waals surface area contributed by atoms with Crippen LogP contribution in [0.5, 0.6) is 0 Å². The van der Waals surface area contributed by atoms with Gasteiger partial charge in [0.2, 0.25) is 0 Å². The van der Waals surface area contributed by atoms with Crippen LogP contribution >= 0.6 is 0 Å². The lowest BCUT2D eigenvalue weighted by atomic mass is 10.1. The Hall–Kier alpha value is -3.22. The summed E-state index contributed by atoms with van der Waals surface area (Å²) in [6.45, 7) is 0.641. The summed E-state index contributed by atoms with van der Waals surface area (Å²) in [5.74, 6) is 1.52. The number of carbonyl (C=O) groups excluding carboxylic acids is 1. The van der Waals surface area contributed by atoms with Crippen LogP contribution in [0.15, 0.2) is 42.7 Å². The Labute approximate surface area is 163 Å². The van der Waals surface area contributed by atoms with Gasteiger partial charge in [-0.2, -0.15) is 0 Å². The third-order valence-electron chi connectivity index (χ3n) is 5.65. The van der Waals surface area contributed by atoms with Gasteiger partial charge in [0.05, 0.1) is 11.3 Å². The molecule has 0 bridgehead atoms. The third-order valence-corrected chi connectivity index (χ3v) is 5.65. The summed E-state index contributed by atoms with van der Waals surface area (Å²) < 4.78 is 2.15. The van der Waals surface area contributed by atoms with Gasteiger partial charge in [-0.1, -0.05) is 31.0 Å². The van der Waals surface area contributed by atoms with Gasteiger partial charge in [-0.05, 0) is 36.6 Å². The zero-order valence-electron chi connectivity index (χ0n) is 15.8. The molecule has 1 aliphatic carbocycles. The standard InChI is InChI=1S/C21H22N6O/c1-26-12-14-6-4-9-16(19(14)21(26)28)23-18-11-5-10-17(24-18)20-25-22-13-27(20)15-7-2-3-8-15/h4-6,9-11,13,15H,2-3,7-8,12H2,1H3,(H,23,24). The summed E-state index contributed by atoms with van der Waals surface area (Å²) in [4.78, 5) is 19.0. The normalized spacial score (nSPS) is 16.6. The molecule has 1 N–H and O–H groups in total. The Balaban J connectivity index is 1.47. The first kappa shape index (κ1) is 16.9. The minimum absolute atomic E-state index is 0.0373. The van der Waals surface area contributed by atoms with Crippen LogP contribution in [0.2, 0.25) is 0 Å². The molecule has 1 fully saturated rings. The number of rotatable bonds is 4. The summed E-state index contributed by atoms with van der Waals surface area (Å²) in [6.07, 6.45) is 6.63. The quantitative estimate of drug-likeness (QED) is 0.752. The van der Waals surface area contributed by atoms with E-state index in [9.17, 15) is 4.79 Å². The molecule has 142 valence electrons. The largest absolute Gasteiger partial charge is 0.340 e. The highest BCUT2D eigenvalue weighted by atomic mass is 16.2. The van der Waals surface area contributed by atoms with E-state index in [1.54, 1.807) is 4.90 Å². The molecule has 2 aliphatic rings. The molecule has 7 nitrogen and oxygen atoms in total. The molecule has 1 aliphatic heterocycles. The molecule has 3 aromatic rings.